The topological polar surface area (TPSA) is 98.2 Å². The van der Waals surface area contributed by atoms with Gasteiger partial charge < -0.3 is 11.1 Å². The molecule has 0 aliphatic heterocycles. The summed E-state index contributed by atoms with van der Waals surface area (Å²) in [7, 11) is 0. The van der Waals surface area contributed by atoms with E-state index >= 15 is 0 Å². The van der Waals surface area contributed by atoms with Gasteiger partial charge in [-0.2, -0.15) is 9.50 Å². The third-order valence-electron chi connectivity index (χ3n) is 4.95. The van der Waals surface area contributed by atoms with Gasteiger partial charge in [0.05, 0.1) is 6.04 Å². The van der Waals surface area contributed by atoms with Crippen LogP contribution in [0.3, 0.4) is 0 Å². The lowest BCUT2D eigenvalue weighted by molar-refractivity contribution is -0.121. The number of nitrogens with one attached hydrogen (secondary N) is 1. The van der Waals surface area contributed by atoms with E-state index in [9.17, 15) is 4.79 Å². The lowest BCUT2D eigenvalue weighted by Crippen LogP contribution is -2.27. The van der Waals surface area contributed by atoms with E-state index in [2.05, 4.69) is 52.4 Å². The van der Waals surface area contributed by atoms with Crippen LogP contribution in [-0.2, 0) is 11.2 Å². The average molecular weight is 366 g/mol. The number of aryl methyl sites for hydroxylation is 4. The van der Waals surface area contributed by atoms with E-state index in [1.54, 1.807) is 4.52 Å². The number of aromatic nitrogens is 4. The van der Waals surface area contributed by atoms with E-state index < -0.39 is 0 Å². The highest BCUT2D eigenvalue weighted by atomic mass is 16.1. The third kappa shape index (κ3) is 3.92. The van der Waals surface area contributed by atoms with Crippen LogP contribution in [0.1, 0.15) is 53.0 Å². The summed E-state index contributed by atoms with van der Waals surface area (Å²) in [6.45, 7) is 10.0. The molecule has 1 atom stereocenters. The Kier molecular flexibility index (Phi) is 5.12. The van der Waals surface area contributed by atoms with Gasteiger partial charge in [-0.1, -0.05) is 23.8 Å². The molecule has 1 amide bonds. The second-order valence-electron chi connectivity index (χ2n) is 7.09. The number of amides is 1. The molecular weight excluding hydrogens is 340 g/mol. The molecule has 1 aromatic carbocycles. The average Bonchev–Trinajstić information content (AvgIpc) is 2.97. The molecule has 7 heteroatoms. The number of nitrogens with two attached hydrogens (primary N) is 1. The third-order valence-corrected chi connectivity index (χ3v) is 4.95. The van der Waals surface area contributed by atoms with Gasteiger partial charge in [-0.3, -0.25) is 4.79 Å². The van der Waals surface area contributed by atoms with Crippen LogP contribution in [-0.4, -0.2) is 25.5 Å². The Morgan fingerprint density at radius 1 is 1.22 bits per heavy atom. The van der Waals surface area contributed by atoms with Crippen LogP contribution in [0, 0.1) is 27.7 Å². The first-order valence-electron chi connectivity index (χ1n) is 9.11. The first-order chi connectivity index (χ1) is 12.8. The van der Waals surface area contributed by atoms with Crippen LogP contribution in [0.2, 0.25) is 0 Å². The second kappa shape index (κ2) is 7.34. The van der Waals surface area contributed by atoms with Crippen molar-refractivity contribution in [1.82, 2.24) is 24.9 Å². The van der Waals surface area contributed by atoms with Crippen LogP contribution >= 0.6 is 0 Å². The number of nitrogen functional groups attached to an aromatic ring is 1. The molecule has 0 spiro atoms. The quantitative estimate of drug-likeness (QED) is 0.723. The lowest BCUT2D eigenvalue weighted by atomic mass is 9.99. The van der Waals surface area contributed by atoms with Crippen molar-refractivity contribution in [3.05, 3.63) is 51.8 Å². The summed E-state index contributed by atoms with van der Waals surface area (Å²) < 4.78 is 1.63. The number of carbonyl (C=O) groups is 1. The predicted octanol–water partition coefficient (Wildman–Crippen LogP) is 2.75. The molecule has 0 aliphatic carbocycles. The highest BCUT2D eigenvalue weighted by Crippen LogP contribution is 2.20. The molecular formula is C20H26N6O. The molecule has 0 radical (unpaired) electrons. The van der Waals surface area contributed by atoms with Gasteiger partial charge >= 0.3 is 0 Å². The van der Waals surface area contributed by atoms with Crippen molar-refractivity contribution in [3.8, 4) is 0 Å². The molecule has 0 saturated heterocycles. The molecule has 2 aromatic heterocycles. The van der Waals surface area contributed by atoms with Crippen molar-refractivity contribution in [2.24, 2.45) is 0 Å². The van der Waals surface area contributed by atoms with Gasteiger partial charge in [0.25, 0.3) is 5.78 Å². The fourth-order valence-electron chi connectivity index (χ4n) is 3.44. The van der Waals surface area contributed by atoms with E-state index in [0.29, 0.717) is 18.6 Å². The van der Waals surface area contributed by atoms with Crippen LogP contribution in [0.5, 0.6) is 0 Å². The highest BCUT2D eigenvalue weighted by molar-refractivity contribution is 5.76. The molecule has 2 heterocycles. The molecule has 3 rings (SSSR count). The molecule has 3 aromatic rings. The van der Waals surface area contributed by atoms with Gasteiger partial charge in [-0.25, -0.2) is 4.98 Å². The van der Waals surface area contributed by atoms with Crippen molar-refractivity contribution in [2.75, 3.05) is 5.73 Å². The number of rotatable bonds is 5. The number of benzene rings is 1. The monoisotopic (exact) mass is 366 g/mol. The fraction of sp³-hybridized carbons (Fsp3) is 0.400. The minimum absolute atomic E-state index is 0.0143. The molecule has 3 N–H and O–H groups in total. The van der Waals surface area contributed by atoms with Crippen LogP contribution in [0.15, 0.2) is 18.2 Å². The van der Waals surface area contributed by atoms with E-state index in [0.717, 1.165) is 22.5 Å². The Morgan fingerprint density at radius 2 is 1.96 bits per heavy atom. The number of anilines is 1. The molecule has 0 fully saturated rings. The van der Waals surface area contributed by atoms with E-state index in [4.69, 9.17) is 5.73 Å². The zero-order valence-electron chi connectivity index (χ0n) is 16.5. The number of hydrogen-bond donors (Lipinski definition) is 2. The Morgan fingerprint density at radius 3 is 2.70 bits per heavy atom. The number of nitrogens with zero attached hydrogens (tertiary/aromatic N) is 4. The molecule has 7 nitrogen and oxygen atoms in total. The Labute approximate surface area is 159 Å². The second-order valence-corrected chi connectivity index (χ2v) is 7.09. The molecule has 27 heavy (non-hydrogen) atoms. The summed E-state index contributed by atoms with van der Waals surface area (Å²) >= 11 is 0. The number of fused-ring (bicyclic) bond motifs is 1. The Bertz CT molecular complexity index is 1010. The summed E-state index contributed by atoms with van der Waals surface area (Å²) in [6, 6.07) is 6.26. The SMILES string of the molecule is Cc1ccc(C)c([C@H](C)NC(=O)CCc2c(C)nc3nc(N)nn3c2C)c1. The summed E-state index contributed by atoms with van der Waals surface area (Å²) in [4.78, 5) is 21.0. The zero-order chi connectivity index (χ0) is 19.7. The molecule has 142 valence electrons. The van der Waals surface area contributed by atoms with E-state index in [-0.39, 0.29) is 17.9 Å². The van der Waals surface area contributed by atoms with Crippen LogP contribution < -0.4 is 11.1 Å². The predicted molar refractivity (Wildman–Crippen MR) is 105 cm³/mol. The van der Waals surface area contributed by atoms with Gasteiger partial charge in [0.2, 0.25) is 11.9 Å². The standard InChI is InChI=1S/C20H26N6O/c1-11-6-7-12(2)17(10-11)14(4)22-18(27)9-8-16-13(3)23-20-24-19(21)25-26(20)15(16)5/h6-7,10,14H,8-9H2,1-5H3,(H2,21,25)(H,22,27)/t14-/m0/s1. The normalized spacial score (nSPS) is 12.3. The summed E-state index contributed by atoms with van der Waals surface area (Å²) in [5.74, 6) is 0.696. The molecule has 0 bridgehead atoms. The van der Waals surface area contributed by atoms with Crippen molar-refractivity contribution in [3.63, 3.8) is 0 Å². The largest absolute Gasteiger partial charge is 0.366 e. The summed E-state index contributed by atoms with van der Waals surface area (Å²) in [6.07, 6.45) is 0.972. The van der Waals surface area contributed by atoms with E-state index in [1.165, 1.54) is 11.1 Å². The zero-order valence-corrected chi connectivity index (χ0v) is 16.5. The van der Waals surface area contributed by atoms with Crippen molar-refractivity contribution in [2.45, 2.75) is 53.5 Å². The smallest absolute Gasteiger partial charge is 0.254 e. The van der Waals surface area contributed by atoms with Crippen molar-refractivity contribution < 1.29 is 4.79 Å². The van der Waals surface area contributed by atoms with Gasteiger partial charge in [0.15, 0.2) is 0 Å². The molecule has 0 aliphatic rings. The van der Waals surface area contributed by atoms with Gasteiger partial charge in [-0.15, -0.1) is 5.10 Å². The minimum atomic E-state index is -0.0321. The summed E-state index contributed by atoms with van der Waals surface area (Å²) in [5.41, 5.74) is 12.0. The highest BCUT2D eigenvalue weighted by Gasteiger charge is 2.16. The van der Waals surface area contributed by atoms with Gasteiger partial charge in [0, 0.05) is 17.8 Å². The van der Waals surface area contributed by atoms with Crippen LogP contribution in [0.25, 0.3) is 5.78 Å². The van der Waals surface area contributed by atoms with Gasteiger partial charge in [-0.05, 0) is 57.7 Å². The maximum atomic E-state index is 12.5. The lowest BCUT2D eigenvalue weighted by Gasteiger charge is -2.18. The minimum Gasteiger partial charge on any atom is -0.366 e. The van der Waals surface area contributed by atoms with Crippen molar-refractivity contribution >= 4 is 17.6 Å². The number of hydrogen-bond acceptors (Lipinski definition) is 5. The summed E-state index contributed by atoms with van der Waals surface area (Å²) in [5, 5.41) is 7.27. The maximum Gasteiger partial charge on any atom is 0.254 e. The first kappa shape index (κ1) is 18.8. The van der Waals surface area contributed by atoms with Crippen LogP contribution in [0.4, 0.5) is 5.95 Å². The maximum absolute atomic E-state index is 12.5. The molecule has 0 saturated carbocycles. The van der Waals surface area contributed by atoms with Gasteiger partial charge in [0.1, 0.15) is 0 Å². The Hall–Kier alpha value is -2.96. The van der Waals surface area contributed by atoms with Crippen molar-refractivity contribution in [1.29, 1.82) is 0 Å². The molecule has 0 unspecified atom stereocenters. The number of carbonyl (C=O) groups excluding carboxylic acids is 1. The first-order valence-corrected chi connectivity index (χ1v) is 9.11. The Balaban J connectivity index is 1.70. The van der Waals surface area contributed by atoms with E-state index in [1.807, 2.05) is 20.8 Å². The fourth-order valence-corrected chi connectivity index (χ4v) is 3.44.